The summed E-state index contributed by atoms with van der Waals surface area (Å²) in [5, 5.41) is 3.80. The molecule has 4 heteroatoms. The molecule has 0 bridgehead atoms. The lowest BCUT2D eigenvalue weighted by molar-refractivity contribution is 0.414. The Hall–Kier alpha value is -3.73. The van der Waals surface area contributed by atoms with Crippen LogP contribution in [0.25, 0.3) is 59.3 Å². The van der Waals surface area contributed by atoms with Crippen molar-refractivity contribution in [3.05, 3.63) is 107 Å². The predicted molar refractivity (Wildman–Crippen MR) is 171 cm³/mol. The van der Waals surface area contributed by atoms with Gasteiger partial charge in [0.15, 0.2) is 0 Å². The van der Waals surface area contributed by atoms with E-state index in [0.29, 0.717) is 0 Å². The van der Waals surface area contributed by atoms with Gasteiger partial charge in [-0.05, 0) is 84.3 Å². The number of benzene rings is 3. The SMILES string of the molecule is Cc1cc2cc(-c3cc(-c4ccc(CC(C)(C)C)s4)ccn3)c3c4ccccc4n(-c4ccccc4)c3c2s1. The highest BCUT2D eigenvalue weighted by molar-refractivity contribution is 7.20. The maximum Gasteiger partial charge on any atom is 0.0726 e. The average Bonchev–Trinajstić information content (AvgIpc) is 3.62. The molecule has 0 N–H and O–H groups in total. The third-order valence-corrected chi connectivity index (χ3v) is 9.45. The van der Waals surface area contributed by atoms with Crippen molar-refractivity contribution in [1.29, 1.82) is 0 Å². The van der Waals surface area contributed by atoms with Crippen molar-refractivity contribution in [3.63, 3.8) is 0 Å². The van der Waals surface area contributed by atoms with E-state index in [0.717, 1.165) is 12.1 Å². The van der Waals surface area contributed by atoms with Crippen molar-refractivity contribution >= 4 is 54.6 Å². The smallest absolute Gasteiger partial charge is 0.0726 e. The van der Waals surface area contributed by atoms with E-state index in [9.17, 15) is 0 Å². The molecule has 0 atom stereocenters. The maximum atomic E-state index is 4.95. The van der Waals surface area contributed by atoms with Gasteiger partial charge in [-0.2, -0.15) is 0 Å². The fraction of sp³-hybridized carbons (Fsp3) is 0.171. The molecule has 0 spiro atoms. The fourth-order valence-corrected chi connectivity index (χ4v) is 8.05. The summed E-state index contributed by atoms with van der Waals surface area (Å²) in [5.74, 6) is 0. The largest absolute Gasteiger partial charge is 0.308 e. The number of fused-ring (bicyclic) bond motifs is 5. The lowest BCUT2D eigenvalue weighted by Crippen LogP contribution is -2.07. The molecule has 0 aliphatic heterocycles. The van der Waals surface area contributed by atoms with Gasteiger partial charge in [-0.25, -0.2) is 0 Å². The molecule has 3 aromatic carbocycles. The fourth-order valence-electron chi connectivity index (χ4n) is 5.71. The maximum absolute atomic E-state index is 4.95. The van der Waals surface area contributed by atoms with Crippen LogP contribution in [0.4, 0.5) is 0 Å². The van der Waals surface area contributed by atoms with Gasteiger partial charge in [-0.15, -0.1) is 22.7 Å². The van der Waals surface area contributed by atoms with Crippen molar-refractivity contribution in [1.82, 2.24) is 9.55 Å². The molecule has 7 aromatic rings. The molecule has 0 saturated carbocycles. The van der Waals surface area contributed by atoms with Gasteiger partial charge in [0.25, 0.3) is 0 Å². The molecule has 0 unspecified atom stereocenters. The molecule has 0 saturated heterocycles. The second-order valence-corrected chi connectivity index (χ2v) is 14.0. The molecular formula is C35H30N2S2. The Balaban J connectivity index is 1.50. The number of hydrogen-bond acceptors (Lipinski definition) is 3. The van der Waals surface area contributed by atoms with Crippen molar-refractivity contribution < 1.29 is 0 Å². The van der Waals surface area contributed by atoms with Gasteiger partial charge >= 0.3 is 0 Å². The van der Waals surface area contributed by atoms with Crippen LogP contribution in [-0.4, -0.2) is 9.55 Å². The van der Waals surface area contributed by atoms with Crippen LogP contribution in [0.2, 0.25) is 0 Å². The third kappa shape index (κ3) is 4.28. The van der Waals surface area contributed by atoms with Crippen molar-refractivity contribution in [2.24, 2.45) is 5.41 Å². The number of aryl methyl sites for hydroxylation is 1. The molecule has 7 rings (SSSR count). The summed E-state index contributed by atoms with van der Waals surface area (Å²) in [6, 6.07) is 33.2. The molecule has 39 heavy (non-hydrogen) atoms. The molecule has 2 nitrogen and oxygen atoms in total. The molecule has 192 valence electrons. The zero-order valence-electron chi connectivity index (χ0n) is 22.7. The Morgan fingerprint density at radius 1 is 0.821 bits per heavy atom. The van der Waals surface area contributed by atoms with Crippen LogP contribution in [0.1, 0.15) is 30.5 Å². The molecular weight excluding hydrogens is 513 g/mol. The standard InChI is InChI=1S/C35H30N2S2/c1-22-18-24-19-28(29-20-23(16-17-36-29)31-15-14-26(39-31)21-35(2,3)4)32-27-12-8-9-13-30(27)37(33(32)34(24)38-22)25-10-6-5-7-11-25/h5-20H,21H2,1-4H3. The van der Waals surface area contributed by atoms with Crippen LogP contribution in [0.5, 0.6) is 0 Å². The first-order valence-electron chi connectivity index (χ1n) is 13.4. The minimum absolute atomic E-state index is 0.276. The van der Waals surface area contributed by atoms with Gasteiger partial charge in [0.2, 0.25) is 0 Å². The molecule has 4 heterocycles. The van der Waals surface area contributed by atoms with Crippen molar-refractivity contribution in [2.75, 3.05) is 0 Å². The van der Waals surface area contributed by atoms with Crippen LogP contribution in [0.15, 0.2) is 97.2 Å². The zero-order valence-corrected chi connectivity index (χ0v) is 24.3. The Bertz CT molecular complexity index is 1980. The molecule has 0 radical (unpaired) electrons. The van der Waals surface area contributed by atoms with E-state index in [1.54, 1.807) is 0 Å². The number of thiophene rings is 2. The summed E-state index contributed by atoms with van der Waals surface area (Å²) >= 11 is 3.78. The van der Waals surface area contributed by atoms with Crippen LogP contribution in [0.3, 0.4) is 0 Å². The molecule has 4 aromatic heterocycles. The number of para-hydroxylation sites is 2. The monoisotopic (exact) mass is 542 g/mol. The number of nitrogens with zero attached hydrogens (tertiary/aromatic N) is 2. The number of aromatic nitrogens is 2. The average molecular weight is 543 g/mol. The van der Waals surface area contributed by atoms with E-state index in [2.05, 4.69) is 123 Å². The summed E-state index contributed by atoms with van der Waals surface area (Å²) in [5.41, 5.74) is 7.38. The van der Waals surface area contributed by atoms with E-state index in [1.165, 1.54) is 63.3 Å². The molecule has 0 fully saturated rings. The summed E-state index contributed by atoms with van der Waals surface area (Å²) in [6.07, 6.45) is 3.06. The van der Waals surface area contributed by atoms with Crippen molar-refractivity contribution in [2.45, 2.75) is 34.1 Å². The topological polar surface area (TPSA) is 17.8 Å². The van der Waals surface area contributed by atoms with Crippen LogP contribution < -0.4 is 0 Å². The van der Waals surface area contributed by atoms with E-state index >= 15 is 0 Å². The molecule has 0 aliphatic carbocycles. The lowest BCUT2D eigenvalue weighted by atomic mass is 9.92. The second-order valence-electron chi connectivity index (χ2n) is 11.5. The Kier molecular flexibility index (Phi) is 5.73. The zero-order chi connectivity index (χ0) is 26.7. The first-order valence-corrected chi connectivity index (χ1v) is 15.1. The number of pyridine rings is 1. The van der Waals surface area contributed by atoms with Crippen LogP contribution in [0, 0.1) is 12.3 Å². The van der Waals surface area contributed by atoms with E-state index in [1.807, 2.05) is 28.9 Å². The third-order valence-electron chi connectivity index (χ3n) is 7.24. The van der Waals surface area contributed by atoms with Gasteiger partial charge in [-0.3, -0.25) is 4.98 Å². The highest BCUT2D eigenvalue weighted by Gasteiger charge is 2.21. The first kappa shape index (κ1) is 24.3. The van der Waals surface area contributed by atoms with Crippen LogP contribution in [-0.2, 0) is 6.42 Å². The summed E-state index contributed by atoms with van der Waals surface area (Å²) < 4.78 is 3.77. The molecule has 0 amide bonds. The van der Waals surface area contributed by atoms with Gasteiger partial charge in [0.1, 0.15) is 0 Å². The highest BCUT2D eigenvalue weighted by atomic mass is 32.1. The summed E-state index contributed by atoms with van der Waals surface area (Å²) in [4.78, 5) is 9.00. The molecule has 0 aliphatic rings. The number of rotatable bonds is 4. The predicted octanol–water partition coefficient (Wildman–Crippen LogP) is 10.7. The summed E-state index contributed by atoms with van der Waals surface area (Å²) in [6.45, 7) is 9.11. The van der Waals surface area contributed by atoms with Crippen LogP contribution >= 0.6 is 22.7 Å². The van der Waals surface area contributed by atoms with E-state index < -0.39 is 0 Å². The quantitative estimate of drug-likeness (QED) is 0.216. The number of hydrogen-bond donors (Lipinski definition) is 0. The van der Waals surface area contributed by atoms with E-state index in [-0.39, 0.29) is 5.41 Å². The highest BCUT2D eigenvalue weighted by Crippen LogP contribution is 2.45. The summed E-state index contributed by atoms with van der Waals surface area (Å²) in [7, 11) is 0. The Labute approximate surface area is 237 Å². The first-order chi connectivity index (χ1) is 18.9. The minimum Gasteiger partial charge on any atom is -0.308 e. The lowest BCUT2D eigenvalue weighted by Gasteiger charge is -2.16. The minimum atomic E-state index is 0.276. The van der Waals surface area contributed by atoms with Gasteiger partial charge < -0.3 is 4.57 Å². The van der Waals surface area contributed by atoms with Crippen molar-refractivity contribution in [3.8, 4) is 27.4 Å². The van der Waals surface area contributed by atoms with Gasteiger partial charge in [-0.1, -0.05) is 57.2 Å². The van der Waals surface area contributed by atoms with E-state index in [4.69, 9.17) is 4.98 Å². The van der Waals surface area contributed by atoms with Gasteiger partial charge in [0, 0.05) is 42.9 Å². The normalized spacial score (nSPS) is 12.2. The van der Waals surface area contributed by atoms with Gasteiger partial charge in [0.05, 0.1) is 21.4 Å². The second kappa shape index (κ2) is 9.18. The Morgan fingerprint density at radius 3 is 2.44 bits per heavy atom. The Morgan fingerprint density at radius 2 is 1.62 bits per heavy atom.